The Morgan fingerprint density at radius 2 is 1.80 bits per heavy atom. The summed E-state index contributed by atoms with van der Waals surface area (Å²) >= 11 is 6.34. The number of sulfonamides is 1. The third-order valence-corrected chi connectivity index (χ3v) is 12.3. The molecule has 2 aromatic carbocycles. The van der Waals surface area contributed by atoms with Crippen LogP contribution in [0, 0.1) is 23.5 Å². The number of H-pyrrole nitrogens is 1. The molecular weight excluding hydrogens is 764 g/mol. The fourth-order valence-corrected chi connectivity index (χ4v) is 9.02. The van der Waals surface area contributed by atoms with Crippen molar-refractivity contribution in [1.29, 1.82) is 0 Å². The lowest BCUT2D eigenvalue weighted by atomic mass is 9.94. The number of benzene rings is 2. The first-order chi connectivity index (χ1) is 25.5. The van der Waals surface area contributed by atoms with Crippen molar-refractivity contribution in [1.82, 2.24) is 35.0 Å². The monoisotopic (exact) mass is 791 g/mol. The molecule has 3 aliphatic rings. The van der Waals surface area contributed by atoms with Crippen LogP contribution in [-0.4, -0.2) is 50.4 Å². The van der Waals surface area contributed by atoms with Crippen molar-refractivity contribution >= 4 is 44.5 Å². The molecule has 8 rings (SSSR count). The zero-order chi connectivity index (χ0) is 38.4. The van der Waals surface area contributed by atoms with Gasteiger partial charge in [0.1, 0.15) is 35.1 Å². The second-order valence-corrected chi connectivity index (χ2v) is 16.2. The van der Waals surface area contributed by atoms with Crippen LogP contribution < -0.4 is 10.0 Å². The van der Waals surface area contributed by atoms with Crippen LogP contribution >= 0.6 is 11.6 Å². The van der Waals surface area contributed by atoms with Crippen LogP contribution in [0.4, 0.5) is 26.3 Å². The van der Waals surface area contributed by atoms with Gasteiger partial charge in [-0.2, -0.15) is 19.0 Å². The highest BCUT2D eigenvalue weighted by Gasteiger charge is 2.71. The van der Waals surface area contributed by atoms with Crippen LogP contribution in [-0.2, 0) is 33.7 Å². The van der Waals surface area contributed by atoms with Crippen LogP contribution in [0.5, 0.6) is 0 Å². The third-order valence-electron chi connectivity index (χ3n) is 10.2. The van der Waals surface area contributed by atoms with E-state index in [1.165, 1.54) is 24.4 Å². The van der Waals surface area contributed by atoms with Gasteiger partial charge in [-0.05, 0) is 66.6 Å². The van der Waals surface area contributed by atoms with Gasteiger partial charge < -0.3 is 5.32 Å². The standard InChI is InChI=1S/C35H28ClF6N7O4S/c1-14-27-28-31(33(39)40)47-49(32(28)35(41,42)29(14)27)13-26(50)44-24(8-15-6-17(37)10-18(38)7-15)30-20(11-23-25(45-30)12-43-46-23)16-2-5-22(36)21(9-16)34(51)48-54(52,53)19-3-4-19/h2,5-7,9-12,14,19,24,27,29,33H,3-4,8,13H2,1H3,(H,43,46)(H,44,50)(H,48,51)/t14-,24+,27?,29?/m1/s1. The number of fused-ring (bicyclic) bond motifs is 4. The Hall–Kier alpha value is -4.97. The number of aromatic nitrogens is 5. The summed E-state index contributed by atoms with van der Waals surface area (Å²) in [4.78, 5) is 31.6. The SMILES string of the molecule is C[C@@H]1C2c3c(C(F)F)nn(CC(=O)N[C@@H](Cc4cc(F)cc(F)c4)c4nc5cn[nH]c5cc4-c4ccc(Cl)c(C(=O)NS(=O)(=O)C5CC5)c4)c3C(F)(F)C21. The molecule has 3 aliphatic carbocycles. The summed E-state index contributed by atoms with van der Waals surface area (Å²) < 4.78 is 116. The van der Waals surface area contributed by atoms with Gasteiger partial charge in [-0.15, -0.1) is 0 Å². The molecule has 0 aliphatic heterocycles. The van der Waals surface area contributed by atoms with Crippen molar-refractivity contribution in [3.63, 3.8) is 0 Å². The molecule has 54 heavy (non-hydrogen) atoms. The Kier molecular flexibility index (Phi) is 8.55. The van der Waals surface area contributed by atoms with Gasteiger partial charge in [0.2, 0.25) is 15.9 Å². The van der Waals surface area contributed by atoms with Gasteiger partial charge in [0.25, 0.3) is 18.3 Å². The van der Waals surface area contributed by atoms with Crippen LogP contribution in [0.1, 0.15) is 76.7 Å². The topological polar surface area (TPSA) is 152 Å². The summed E-state index contributed by atoms with van der Waals surface area (Å²) in [5.74, 6) is -9.89. The Labute approximate surface area is 307 Å². The van der Waals surface area contributed by atoms with Crippen molar-refractivity contribution in [2.45, 2.75) is 62.3 Å². The first-order valence-corrected chi connectivity index (χ1v) is 18.7. The molecule has 2 fully saturated rings. The number of hydrogen-bond donors (Lipinski definition) is 3. The van der Waals surface area contributed by atoms with Crippen molar-refractivity contribution in [2.75, 3.05) is 0 Å². The van der Waals surface area contributed by atoms with Gasteiger partial charge >= 0.3 is 0 Å². The predicted octanol–water partition coefficient (Wildman–Crippen LogP) is 6.47. The van der Waals surface area contributed by atoms with Crippen LogP contribution in [0.3, 0.4) is 0 Å². The predicted molar refractivity (Wildman–Crippen MR) is 181 cm³/mol. The van der Waals surface area contributed by atoms with Crippen molar-refractivity contribution < 1.29 is 44.3 Å². The highest BCUT2D eigenvalue weighted by atomic mass is 35.5. The molecule has 2 unspecified atom stereocenters. The maximum Gasteiger partial charge on any atom is 0.293 e. The molecule has 0 spiro atoms. The molecule has 5 aromatic rings. The first-order valence-electron chi connectivity index (χ1n) is 16.7. The molecule has 4 atom stereocenters. The van der Waals surface area contributed by atoms with E-state index in [4.69, 9.17) is 11.6 Å². The Morgan fingerprint density at radius 1 is 1.07 bits per heavy atom. The second-order valence-electron chi connectivity index (χ2n) is 13.8. The Morgan fingerprint density at radius 3 is 2.48 bits per heavy atom. The maximum atomic E-state index is 15.5. The van der Waals surface area contributed by atoms with Gasteiger partial charge in [0, 0.05) is 29.0 Å². The van der Waals surface area contributed by atoms with E-state index in [-0.39, 0.29) is 50.5 Å². The maximum absolute atomic E-state index is 15.5. The van der Waals surface area contributed by atoms with E-state index < -0.39 is 92.8 Å². The smallest absolute Gasteiger partial charge is 0.293 e. The lowest BCUT2D eigenvalue weighted by Gasteiger charge is -2.23. The summed E-state index contributed by atoms with van der Waals surface area (Å²) in [6.45, 7) is 0.634. The van der Waals surface area contributed by atoms with E-state index in [2.05, 4.69) is 25.6 Å². The van der Waals surface area contributed by atoms with E-state index >= 15 is 8.78 Å². The number of pyridine rings is 1. The largest absolute Gasteiger partial charge is 0.346 e. The minimum Gasteiger partial charge on any atom is -0.346 e. The van der Waals surface area contributed by atoms with Gasteiger partial charge in [0.05, 0.1) is 39.3 Å². The van der Waals surface area contributed by atoms with E-state index in [9.17, 15) is 35.6 Å². The minimum atomic E-state index is -3.96. The minimum absolute atomic E-state index is 0.0554. The van der Waals surface area contributed by atoms with Crippen LogP contribution in [0.15, 0.2) is 48.7 Å². The third kappa shape index (κ3) is 6.27. The molecule has 0 saturated heterocycles. The first kappa shape index (κ1) is 36.0. The molecule has 19 heteroatoms. The number of carbonyl (C=O) groups excluding carboxylic acids is 2. The fraction of sp³-hybridized carbons (Fsp3) is 0.343. The zero-order valence-corrected chi connectivity index (χ0v) is 29.5. The number of alkyl halides is 4. The summed E-state index contributed by atoms with van der Waals surface area (Å²) in [5, 5.41) is 12.4. The molecule has 2 saturated carbocycles. The lowest BCUT2D eigenvalue weighted by Crippen LogP contribution is -2.35. The fourth-order valence-electron chi connectivity index (χ4n) is 7.53. The van der Waals surface area contributed by atoms with Crippen LogP contribution in [0.25, 0.3) is 22.2 Å². The summed E-state index contributed by atoms with van der Waals surface area (Å²) in [6.07, 6.45) is -1.33. The quantitative estimate of drug-likeness (QED) is 0.130. The molecular formula is C35H28ClF6N7O4S. The average Bonchev–Trinajstić information content (AvgIpc) is 3.94. The number of hydrogen-bond acceptors (Lipinski definition) is 7. The average molecular weight is 792 g/mol. The summed E-state index contributed by atoms with van der Waals surface area (Å²) in [6, 6.07) is 7.11. The highest BCUT2D eigenvalue weighted by Crippen LogP contribution is 2.71. The van der Waals surface area contributed by atoms with Crippen molar-refractivity contribution in [3.8, 4) is 11.1 Å². The normalized spacial score (nSPS) is 20.5. The van der Waals surface area contributed by atoms with Crippen LogP contribution in [0.2, 0.25) is 5.02 Å². The number of aromatic amines is 1. The number of nitrogens with zero attached hydrogens (tertiary/aromatic N) is 4. The number of rotatable bonds is 11. The van der Waals surface area contributed by atoms with E-state index in [0.717, 1.165) is 12.1 Å². The Balaban J connectivity index is 1.19. The Bertz CT molecular complexity index is 2470. The van der Waals surface area contributed by atoms with Crippen molar-refractivity contribution in [2.24, 2.45) is 11.8 Å². The molecule has 11 nitrogen and oxygen atoms in total. The van der Waals surface area contributed by atoms with E-state index in [1.54, 1.807) is 13.0 Å². The van der Waals surface area contributed by atoms with Gasteiger partial charge in [0.15, 0.2) is 0 Å². The highest BCUT2D eigenvalue weighted by molar-refractivity contribution is 7.91. The second kappa shape index (κ2) is 12.8. The molecule has 282 valence electrons. The van der Waals surface area contributed by atoms with Gasteiger partial charge in [-0.1, -0.05) is 24.6 Å². The summed E-state index contributed by atoms with van der Waals surface area (Å²) in [7, 11) is -3.96. The zero-order valence-electron chi connectivity index (χ0n) is 27.9. The number of amides is 2. The molecule has 3 N–H and O–H groups in total. The molecule has 3 heterocycles. The van der Waals surface area contributed by atoms with Gasteiger partial charge in [-0.3, -0.25) is 19.4 Å². The molecule has 0 radical (unpaired) electrons. The van der Waals surface area contributed by atoms with Gasteiger partial charge in [-0.25, -0.2) is 35.7 Å². The van der Waals surface area contributed by atoms with Crippen molar-refractivity contribution in [3.05, 3.63) is 99.1 Å². The number of carbonyl (C=O) groups is 2. The molecule has 3 aromatic heterocycles. The number of nitrogens with one attached hydrogen (secondary N) is 3. The lowest BCUT2D eigenvalue weighted by molar-refractivity contribution is -0.123. The summed E-state index contributed by atoms with van der Waals surface area (Å²) in [5.41, 5.74) is -0.786. The van der Waals surface area contributed by atoms with E-state index in [1.807, 2.05) is 4.72 Å². The molecule has 2 amide bonds. The van der Waals surface area contributed by atoms with E-state index in [0.29, 0.717) is 29.1 Å². The number of halogens is 7. The molecule has 0 bridgehead atoms.